The van der Waals surface area contributed by atoms with Gasteiger partial charge in [-0.15, -0.1) is 0 Å². The average molecular weight is 372 g/mol. The van der Waals surface area contributed by atoms with Crippen molar-refractivity contribution in [1.29, 1.82) is 0 Å². The number of esters is 1. The molecule has 0 saturated carbocycles. The second kappa shape index (κ2) is 8.27. The summed E-state index contributed by atoms with van der Waals surface area (Å²) in [6.45, 7) is 2.47. The fourth-order valence-corrected chi connectivity index (χ4v) is 3.35. The largest absolute Gasteiger partial charge is 0.466 e. The molecule has 1 aliphatic rings. The van der Waals surface area contributed by atoms with Gasteiger partial charge in [0.25, 0.3) is 0 Å². The molecule has 0 bridgehead atoms. The number of para-hydroxylation sites is 1. The molecule has 1 unspecified atom stereocenters. The van der Waals surface area contributed by atoms with Crippen LogP contribution in [0.5, 0.6) is 0 Å². The van der Waals surface area contributed by atoms with Crippen LogP contribution in [0.4, 0.5) is 15.8 Å². The molecule has 26 heavy (non-hydrogen) atoms. The van der Waals surface area contributed by atoms with Gasteiger partial charge in [0.2, 0.25) is 0 Å². The first kappa shape index (κ1) is 18.3. The summed E-state index contributed by atoms with van der Waals surface area (Å²) < 4.78 is 18.7. The van der Waals surface area contributed by atoms with Crippen molar-refractivity contribution in [3.8, 4) is 0 Å². The summed E-state index contributed by atoms with van der Waals surface area (Å²) in [5.74, 6) is -0.587. The zero-order valence-electron chi connectivity index (χ0n) is 14.6. The first-order valence-electron chi connectivity index (χ1n) is 8.70. The lowest BCUT2D eigenvalue weighted by Gasteiger charge is -2.39. The number of carbonyl (C=O) groups excluding carboxylic acids is 1. The van der Waals surface area contributed by atoms with Crippen molar-refractivity contribution in [1.82, 2.24) is 0 Å². The van der Waals surface area contributed by atoms with E-state index in [0.717, 1.165) is 29.8 Å². The minimum atomic E-state index is -0.319. The van der Waals surface area contributed by atoms with E-state index in [9.17, 15) is 9.18 Å². The summed E-state index contributed by atoms with van der Waals surface area (Å²) in [5, 5.41) is 3.66. The molecule has 0 fully saturated rings. The molecule has 136 valence electrons. The van der Waals surface area contributed by atoms with Gasteiger partial charge in [-0.05, 0) is 54.5 Å². The number of nitrogens with one attached hydrogen (secondary N) is 1. The van der Waals surface area contributed by atoms with E-state index >= 15 is 0 Å². The molecule has 0 aliphatic carbocycles. The number of fused-ring (bicyclic) bond motifs is 1. The van der Waals surface area contributed by atoms with Crippen LogP contribution >= 0.6 is 12.2 Å². The van der Waals surface area contributed by atoms with Crippen molar-refractivity contribution in [2.45, 2.75) is 32.2 Å². The summed E-state index contributed by atoms with van der Waals surface area (Å²) in [6.07, 6.45) is 1.98. The zero-order chi connectivity index (χ0) is 18.5. The van der Waals surface area contributed by atoms with E-state index in [4.69, 9.17) is 17.0 Å². The number of nitrogens with zero attached hydrogens (tertiary/aromatic N) is 1. The van der Waals surface area contributed by atoms with E-state index in [0.29, 0.717) is 11.7 Å². The normalized spacial score (nSPS) is 16.0. The predicted octanol–water partition coefficient (Wildman–Crippen LogP) is 4.82. The monoisotopic (exact) mass is 372 g/mol. The van der Waals surface area contributed by atoms with Crippen molar-refractivity contribution in [2.75, 3.05) is 16.8 Å². The molecule has 1 heterocycles. The van der Waals surface area contributed by atoms with Crippen LogP contribution < -0.4 is 10.2 Å². The van der Waals surface area contributed by atoms with E-state index in [2.05, 4.69) is 5.32 Å². The molecule has 0 spiro atoms. The number of unbranched alkanes of at least 4 members (excludes halogenated alkanes) is 1. The second-order valence-electron chi connectivity index (χ2n) is 6.16. The third kappa shape index (κ3) is 4.02. The fraction of sp³-hybridized carbons (Fsp3) is 0.300. The molecule has 0 amide bonds. The van der Waals surface area contributed by atoms with Gasteiger partial charge in [-0.25, -0.2) is 4.39 Å². The Morgan fingerprint density at radius 2 is 1.96 bits per heavy atom. The van der Waals surface area contributed by atoms with Gasteiger partial charge >= 0.3 is 5.97 Å². The topological polar surface area (TPSA) is 41.6 Å². The van der Waals surface area contributed by atoms with Gasteiger partial charge in [0.05, 0.1) is 19.1 Å². The van der Waals surface area contributed by atoms with E-state index in [1.807, 2.05) is 36.1 Å². The van der Waals surface area contributed by atoms with Crippen LogP contribution in [0.25, 0.3) is 0 Å². The van der Waals surface area contributed by atoms with Crippen molar-refractivity contribution in [3.05, 3.63) is 59.9 Å². The summed E-state index contributed by atoms with van der Waals surface area (Å²) in [4.78, 5) is 14.2. The number of thiocarbonyl (C=S) groups is 1. The molecule has 0 radical (unpaired) electrons. The van der Waals surface area contributed by atoms with E-state index in [-0.39, 0.29) is 24.2 Å². The standard InChI is InChI=1S/C20H21FN2O2S/c1-2-3-12-25-19(24)13-18-16-6-4-5-7-17(16)22-20(26)23(18)15-10-8-14(21)9-11-15/h4-11,18H,2-3,12-13H2,1H3,(H,22,26). The molecular weight excluding hydrogens is 351 g/mol. The number of carbonyl (C=O) groups is 1. The van der Waals surface area contributed by atoms with Crippen molar-refractivity contribution in [2.24, 2.45) is 0 Å². The molecule has 0 aromatic heterocycles. The Balaban J connectivity index is 1.91. The fourth-order valence-electron chi connectivity index (χ4n) is 3.00. The molecule has 1 atom stereocenters. The quantitative estimate of drug-likeness (QED) is 0.447. The molecule has 1 aliphatic heterocycles. The van der Waals surface area contributed by atoms with Crippen LogP contribution in [0.1, 0.15) is 37.8 Å². The van der Waals surface area contributed by atoms with Crippen LogP contribution in [0, 0.1) is 5.82 Å². The van der Waals surface area contributed by atoms with Crippen molar-refractivity contribution >= 4 is 34.7 Å². The van der Waals surface area contributed by atoms with Gasteiger partial charge < -0.3 is 15.0 Å². The number of rotatable bonds is 6. The third-order valence-corrected chi connectivity index (χ3v) is 4.62. The average Bonchev–Trinajstić information content (AvgIpc) is 2.63. The Hall–Kier alpha value is -2.47. The zero-order valence-corrected chi connectivity index (χ0v) is 15.4. The minimum absolute atomic E-state index is 0.167. The number of halogens is 1. The minimum Gasteiger partial charge on any atom is -0.466 e. The highest BCUT2D eigenvalue weighted by atomic mass is 32.1. The summed E-state index contributed by atoms with van der Waals surface area (Å²) >= 11 is 5.52. The van der Waals surface area contributed by atoms with Crippen LogP contribution in [0.3, 0.4) is 0 Å². The molecule has 0 saturated heterocycles. The SMILES string of the molecule is CCCCOC(=O)CC1c2ccccc2NC(=S)N1c1ccc(F)cc1. The number of benzene rings is 2. The highest BCUT2D eigenvalue weighted by molar-refractivity contribution is 7.80. The van der Waals surface area contributed by atoms with Gasteiger partial charge in [-0.1, -0.05) is 31.5 Å². The van der Waals surface area contributed by atoms with Crippen molar-refractivity contribution in [3.63, 3.8) is 0 Å². The second-order valence-corrected chi connectivity index (χ2v) is 6.54. The molecule has 3 rings (SSSR count). The first-order chi connectivity index (χ1) is 12.6. The number of anilines is 2. The summed E-state index contributed by atoms with van der Waals surface area (Å²) in [7, 11) is 0. The van der Waals surface area contributed by atoms with Crippen molar-refractivity contribution < 1.29 is 13.9 Å². The molecule has 2 aromatic rings. The molecule has 6 heteroatoms. The molecular formula is C20H21FN2O2S. The van der Waals surface area contributed by atoms with Gasteiger partial charge in [0, 0.05) is 11.4 Å². The Morgan fingerprint density at radius 3 is 2.69 bits per heavy atom. The number of hydrogen-bond donors (Lipinski definition) is 1. The maximum atomic E-state index is 13.3. The number of hydrogen-bond acceptors (Lipinski definition) is 3. The van der Waals surface area contributed by atoms with E-state index in [1.54, 1.807) is 12.1 Å². The van der Waals surface area contributed by atoms with Crippen LogP contribution in [-0.4, -0.2) is 17.7 Å². The molecule has 1 N–H and O–H groups in total. The van der Waals surface area contributed by atoms with Crippen LogP contribution in [0.15, 0.2) is 48.5 Å². The summed E-state index contributed by atoms with van der Waals surface area (Å²) in [6, 6.07) is 13.5. The highest BCUT2D eigenvalue weighted by Crippen LogP contribution is 2.38. The van der Waals surface area contributed by atoms with E-state index in [1.165, 1.54) is 12.1 Å². The Kier molecular flexibility index (Phi) is 5.83. The Labute approximate surface area is 158 Å². The maximum Gasteiger partial charge on any atom is 0.308 e. The van der Waals surface area contributed by atoms with Gasteiger partial charge in [0.15, 0.2) is 5.11 Å². The molecule has 4 nitrogen and oxygen atoms in total. The molecule has 2 aromatic carbocycles. The predicted molar refractivity (Wildman–Crippen MR) is 105 cm³/mol. The Bertz CT molecular complexity index is 795. The number of ether oxygens (including phenoxy) is 1. The third-order valence-electron chi connectivity index (χ3n) is 4.32. The van der Waals surface area contributed by atoms with Crippen LogP contribution in [-0.2, 0) is 9.53 Å². The smallest absolute Gasteiger partial charge is 0.308 e. The maximum absolute atomic E-state index is 13.3. The lowest BCUT2D eigenvalue weighted by molar-refractivity contribution is -0.144. The van der Waals surface area contributed by atoms with Gasteiger partial charge in [0.1, 0.15) is 5.82 Å². The van der Waals surface area contributed by atoms with Gasteiger partial charge in [-0.3, -0.25) is 4.79 Å². The van der Waals surface area contributed by atoms with E-state index < -0.39 is 0 Å². The lowest BCUT2D eigenvalue weighted by atomic mass is 9.97. The summed E-state index contributed by atoms with van der Waals surface area (Å²) in [5.41, 5.74) is 2.56. The van der Waals surface area contributed by atoms with Gasteiger partial charge in [-0.2, -0.15) is 0 Å². The Morgan fingerprint density at radius 1 is 1.23 bits per heavy atom. The first-order valence-corrected chi connectivity index (χ1v) is 9.11. The highest BCUT2D eigenvalue weighted by Gasteiger charge is 2.33. The lowest BCUT2D eigenvalue weighted by Crippen LogP contribution is -2.43. The van der Waals surface area contributed by atoms with Crippen LogP contribution in [0.2, 0.25) is 0 Å².